The van der Waals surface area contributed by atoms with E-state index in [1.54, 1.807) is 35.2 Å². The molecule has 0 atom stereocenters. The molecule has 1 aliphatic heterocycles. The van der Waals surface area contributed by atoms with Crippen molar-refractivity contribution in [3.05, 3.63) is 65.5 Å². The fourth-order valence-electron chi connectivity index (χ4n) is 3.18. The maximum atomic E-state index is 13.0. The van der Waals surface area contributed by atoms with Gasteiger partial charge in [-0.3, -0.25) is 4.79 Å². The highest BCUT2D eigenvalue weighted by molar-refractivity contribution is 7.19. The van der Waals surface area contributed by atoms with Crippen LogP contribution in [0.2, 0.25) is 0 Å². The molecule has 0 aliphatic carbocycles. The number of benzene rings is 2. The van der Waals surface area contributed by atoms with E-state index in [0.717, 1.165) is 16.9 Å². The number of amides is 1. The van der Waals surface area contributed by atoms with Crippen LogP contribution in [0.1, 0.15) is 21.7 Å². The van der Waals surface area contributed by atoms with Gasteiger partial charge in [0.25, 0.3) is 11.7 Å². The predicted molar refractivity (Wildman–Crippen MR) is 96.1 cm³/mol. The van der Waals surface area contributed by atoms with Gasteiger partial charge in [-0.2, -0.15) is 22.8 Å². The average molecular weight is 401 g/mol. The molecule has 1 amide bonds. The average Bonchev–Trinajstić information content (AvgIpc) is 3.34. The van der Waals surface area contributed by atoms with Crippen molar-refractivity contribution in [1.29, 1.82) is 0 Å². The highest BCUT2D eigenvalue weighted by atomic mass is 32.1. The van der Waals surface area contributed by atoms with Crippen molar-refractivity contribution in [3.8, 4) is 10.6 Å². The number of nitrogens with zero attached hydrogens (tertiary/aromatic N) is 5. The standard InChI is InChI=1S/C18H10F3N5OS/c19-18(20,21)16-22-23-17-26(16)24-14(28-17)10-5-3-6-12(8-10)25-9-11-4-1-2-7-13(11)15(25)27/h1-8H,9H2. The van der Waals surface area contributed by atoms with Gasteiger partial charge in [-0.05, 0) is 23.8 Å². The van der Waals surface area contributed by atoms with Crippen LogP contribution in [0, 0.1) is 0 Å². The van der Waals surface area contributed by atoms with Crippen LogP contribution in [0.5, 0.6) is 0 Å². The summed E-state index contributed by atoms with van der Waals surface area (Å²) in [7, 11) is 0. The van der Waals surface area contributed by atoms with Crippen molar-refractivity contribution in [1.82, 2.24) is 19.8 Å². The quantitative estimate of drug-likeness (QED) is 0.509. The number of anilines is 1. The van der Waals surface area contributed by atoms with Gasteiger partial charge >= 0.3 is 6.18 Å². The lowest BCUT2D eigenvalue weighted by Crippen LogP contribution is -2.22. The third-order valence-corrected chi connectivity index (χ3v) is 5.42. The number of rotatable bonds is 2. The minimum atomic E-state index is -4.64. The molecule has 0 radical (unpaired) electrons. The maximum absolute atomic E-state index is 13.0. The summed E-state index contributed by atoms with van der Waals surface area (Å²) in [4.78, 5) is 14.4. The molecule has 2 aromatic heterocycles. The summed E-state index contributed by atoms with van der Waals surface area (Å²) >= 11 is 1.00. The summed E-state index contributed by atoms with van der Waals surface area (Å²) in [6.45, 7) is 0.446. The second kappa shape index (κ2) is 5.86. The Morgan fingerprint density at radius 1 is 1.04 bits per heavy atom. The number of aromatic nitrogens is 4. The maximum Gasteiger partial charge on any atom is 0.453 e. The number of carbonyl (C=O) groups is 1. The monoisotopic (exact) mass is 401 g/mol. The van der Waals surface area contributed by atoms with Crippen LogP contribution >= 0.6 is 11.3 Å². The lowest BCUT2D eigenvalue weighted by atomic mass is 10.1. The van der Waals surface area contributed by atoms with E-state index in [-0.39, 0.29) is 10.9 Å². The summed E-state index contributed by atoms with van der Waals surface area (Å²) in [5.41, 5.74) is 2.85. The van der Waals surface area contributed by atoms with Gasteiger partial charge in [-0.15, -0.1) is 10.2 Å². The van der Waals surface area contributed by atoms with Crippen molar-refractivity contribution < 1.29 is 18.0 Å². The van der Waals surface area contributed by atoms with Gasteiger partial charge in [0.2, 0.25) is 4.96 Å². The molecule has 0 bridgehead atoms. The Morgan fingerprint density at radius 3 is 2.64 bits per heavy atom. The normalized spacial score (nSPS) is 14.1. The molecule has 5 rings (SSSR count). The zero-order valence-corrected chi connectivity index (χ0v) is 14.8. The Balaban J connectivity index is 1.53. The van der Waals surface area contributed by atoms with E-state index in [1.165, 1.54) is 0 Å². The highest BCUT2D eigenvalue weighted by Crippen LogP contribution is 2.34. The first-order chi connectivity index (χ1) is 13.4. The Kier molecular flexibility index (Phi) is 3.53. The third kappa shape index (κ3) is 2.56. The van der Waals surface area contributed by atoms with Crippen LogP contribution in [0.25, 0.3) is 15.5 Å². The predicted octanol–water partition coefficient (Wildman–Crippen LogP) is 4.03. The topological polar surface area (TPSA) is 63.4 Å². The molecule has 0 spiro atoms. The summed E-state index contributed by atoms with van der Waals surface area (Å²) < 4.78 is 39.7. The molecule has 0 unspecified atom stereocenters. The van der Waals surface area contributed by atoms with Crippen LogP contribution in [-0.2, 0) is 12.7 Å². The smallest absolute Gasteiger partial charge is 0.304 e. The van der Waals surface area contributed by atoms with Gasteiger partial charge in [-0.25, -0.2) is 0 Å². The van der Waals surface area contributed by atoms with Gasteiger partial charge in [0.05, 0.1) is 6.54 Å². The molecule has 4 aromatic rings. The van der Waals surface area contributed by atoms with Gasteiger partial charge < -0.3 is 4.90 Å². The number of hydrogen-bond donors (Lipinski definition) is 0. The van der Waals surface area contributed by atoms with E-state index in [2.05, 4.69) is 15.3 Å². The fraction of sp³-hybridized carbons (Fsp3) is 0.111. The summed E-state index contributed by atoms with van der Waals surface area (Å²) in [6.07, 6.45) is -4.64. The van der Waals surface area contributed by atoms with Gasteiger partial charge in [0.15, 0.2) is 0 Å². The minimum absolute atomic E-state index is 0.0531. The lowest BCUT2D eigenvalue weighted by molar-refractivity contribution is -0.146. The first kappa shape index (κ1) is 16.9. The molecule has 0 saturated carbocycles. The molecule has 10 heteroatoms. The molecular weight excluding hydrogens is 391 g/mol. The van der Waals surface area contributed by atoms with Crippen LogP contribution < -0.4 is 4.90 Å². The fourth-order valence-corrected chi connectivity index (χ4v) is 4.02. The first-order valence-corrected chi connectivity index (χ1v) is 9.03. The van der Waals surface area contributed by atoms with Crippen molar-refractivity contribution in [3.63, 3.8) is 0 Å². The van der Waals surface area contributed by atoms with E-state index in [9.17, 15) is 18.0 Å². The molecular formula is C18H10F3N5OS. The van der Waals surface area contributed by atoms with Crippen LogP contribution in [0.3, 0.4) is 0 Å². The zero-order valence-electron chi connectivity index (χ0n) is 14.0. The van der Waals surface area contributed by atoms with Crippen molar-refractivity contribution in [2.45, 2.75) is 12.7 Å². The summed E-state index contributed by atoms with van der Waals surface area (Å²) in [6, 6.07) is 14.4. The second-order valence-electron chi connectivity index (χ2n) is 6.22. The number of halogens is 3. The minimum Gasteiger partial charge on any atom is -0.304 e. The molecule has 3 heterocycles. The lowest BCUT2D eigenvalue weighted by Gasteiger charge is -2.16. The zero-order chi connectivity index (χ0) is 19.5. The highest BCUT2D eigenvalue weighted by Gasteiger charge is 2.38. The van der Waals surface area contributed by atoms with E-state index >= 15 is 0 Å². The van der Waals surface area contributed by atoms with E-state index in [0.29, 0.717) is 32.9 Å². The van der Waals surface area contributed by atoms with Gasteiger partial charge in [0, 0.05) is 16.8 Å². The van der Waals surface area contributed by atoms with Gasteiger partial charge in [0.1, 0.15) is 5.01 Å². The second-order valence-corrected chi connectivity index (χ2v) is 7.18. The van der Waals surface area contributed by atoms with Crippen LogP contribution in [0.4, 0.5) is 18.9 Å². The number of carbonyl (C=O) groups excluding carboxylic acids is 1. The number of alkyl halides is 3. The van der Waals surface area contributed by atoms with E-state index in [4.69, 9.17) is 0 Å². The molecule has 0 saturated heterocycles. The molecule has 140 valence electrons. The van der Waals surface area contributed by atoms with E-state index < -0.39 is 12.0 Å². The Hall–Kier alpha value is -3.27. The number of fused-ring (bicyclic) bond motifs is 2. The Labute approximate surface area is 159 Å². The first-order valence-electron chi connectivity index (χ1n) is 8.21. The van der Waals surface area contributed by atoms with Gasteiger partial charge in [-0.1, -0.05) is 41.7 Å². The third-order valence-electron chi connectivity index (χ3n) is 4.47. The summed E-state index contributed by atoms with van der Waals surface area (Å²) in [5, 5.41) is 11.1. The molecule has 2 aromatic carbocycles. The number of hydrogen-bond acceptors (Lipinski definition) is 5. The molecule has 6 nitrogen and oxygen atoms in total. The van der Waals surface area contributed by atoms with Crippen LogP contribution in [0.15, 0.2) is 48.5 Å². The van der Waals surface area contributed by atoms with E-state index in [1.807, 2.05) is 18.2 Å². The van der Waals surface area contributed by atoms with Crippen molar-refractivity contribution in [2.24, 2.45) is 0 Å². The molecule has 28 heavy (non-hydrogen) atoms. The SMILES string of the molecule is O=C1c2ccccc2CN1c1cccc(-c2nn3c(C(F)(F)F)nnc3s2)c1. The Bertz CT molecular complexity index is 1230. The molecule has 0 N–H and O–H groups in total. The largest absolute Gasteiger partial charge is 0.453 e. The summed E-state index contributed by atoms with van der Waals surface area (Å²) in [5.74, 6) is -1.27. The van der Waals surface area contributed by atoms with Crippen molar-refractivity contribution >= 4 is 27.9 Å². The van der Waals surface area contributed by atoms with Crippen LogP contribution in [-0.4, -0.2) is 25.7 Å². The van der Waals surface area contributed by atoms with Crippen molar-refractivity contribution in [2.75, 3.05) is 4.90 Å². The molecule has 1 aliphatic rings. The Morgan fingerprint density at radius 2 is 1.86 bits per heavy atom. The molecule has 0 fully saturated rings.